The zero-order chi connectivity index (χ0) is 14.4. The molecule has 0 atom stereocenters. The van der Waals surface area contributed by atoms with Gasteiger partial charge in [0.1, 0.15) is 12.1 Å². The number of nitrogens with two attached hydrogens (primary N) is 2. The van der Waals surface area contributed by atoms with Gasteiger partial charge in [-0.3, -0.25) is 0 Å². The van der Waals surface area contributed by atoms with Crippen molar-refractivity contribution in [2.45, 2.75) is 20.8 Å². The molecular formula is C13H17FN4O. The first-order valence-corrected chi connectivity index (χ1v) is 5.88. The Morgan fingerprint density at radius 3 is 2.47 bits per heavy atom. The van der Waals surface area contributed by atoms with Crippen LogP contribution in [0.5, 0.6) is 11.6 Å². The molecule has 0 aliphatic heterocycles. The summed E-state index contributed by atoms with van der Waals surface area (Å²) in [5, 5.41) is 0. The lowest BCUT2D eigenvalue weighted by Gasteiger charge is -2.09. The van der Waals surface area contributed by atoms with Crippen molar-refractivity contribution in [3.05, 3.63) is 35.9 Å². The van der Waals surface area contributed by atoms with Crippen LogP contribution < -0.4 is 16.2 Å². The Morgan fingerprint density at radius 1 is 1.16 bits per heavy atom. The number of nitrogens with zero attached hydrogens (tertiary/aromatic N) is 2. The molecule has 2 rings (SSSR count). The molecule has 0 aliphatic rings. The molecule has 102 valence electrons. The van der Waals surface area contributed by atoms with Crippen molar-refractivity contribution < 1.29 is 9.13 Å². The summed E-state index contributed by atoms with van der Waals surface area (Å²) in [6, 6.07) is 4.15. The lowest BCUT2D eigenvalue weighted by Crippen LogP contribution is -2.00. The third-order valence-electron chi connectivity index (χ3n) is 2.24. The molecular weight excluding hydrogens is 247 g/mol. The van der Waals surface area contributed by atoms with Gasteiger partial charge < -0.3 is 16.2 Å². The van der Waals surface area contributed by atoms with Gasteiger partial charge in [0, 0.05) is 11.8 Å². The topological polar surface area (TPSA) is 87.0 Å². The highest BCUT2D eigenvalue weighted by Gasteiger charge is 2.10. The van der Waals surface area contributed by atoms with Gasteiger partial charge >= 0.3 is 0 Å². The van der Waals surface area contributed by atoms with Gasteiger partial charge in [0.15, 0.2) is 11.6 Å². The first kappa shape index (κ1) is 14.7. The summed E-state index contributed by atoms with van der Waals surface area (Å²) in [4.78, 5) is 7.68. The summed E-state index contributed by atoms with van der Waals surface area (Å²) in [6.07, 6.45) is 1.26. The summed E-state index contributed by atoms with van der Waals surface area (Å²) in [7, 11) is 0. The Balaban J connectivity index is 0.000000861. The van der Waals surface area contributed by atoms with Crippen LogP contribution >= 0.6 is 0 Å². The van der Waals surface area contributed by atoms with E-state index in [2.05, 4.69) is 9.97 Å². The molecule has 0 aliphatic carbocycles. The molecule has 2 aromatic rings. The highest BCUT2D eigenvalue weighted by atomic mass is 19.1. The van der Waals surface area contributed by atoms with Crippen molar-refractivity contribution >= 4 is 11.5 Å². The maximum absolute atomic E-state index is 13.5. The normalized spacial score (nSPS) is 9.47. The van der Waals surface area contributed by atoms with E-state index in [0.29, 0.717) is 17.1 Å². The summed E-state index contributed by atoms with van der Waals surface area (Å²) in [6.45, 7) is 5.69. The van der Waals surface area contributed by atoms with Crippen LogP contribution in [0, 0.1) is 12.7 Å². The van der Waals surface area contributed by atoms with Crippen LogP contribution in [0.2, 0.25) is 0 Å². The lowest BCUT2D eigenvalue weighted by atomic mass is 10.3. The second kappa shape index (κ2) is 6.53. The number of rotatable bonds is 2. The molecule has 0 amide bonds. The molecule has 0 saturated heterocycles. The van der Waals surface area contributed by atoms with Crippen molar-refractivity contribution in [1.82, 2.24) is 9.97 Å². The van der Waals surface area contributed by atoms with Crippen LogP contribution in [0.4, 0.5) is 15.9 Å². The smallest absolute Gasteiger partial charge is 0.227 e. The SMILES string of the molecule is CC.Cc1c(N)ncnc1Oc1ccc(N)cc1F. The fourth-order valence-corrected chi connectivity index (χ4v) is 1.25. The number of hydrogen-bond acceptors (Lipinski definition) is 5. The van der Waals surface area contributed by atoms with E-state index in [1.165, 1.54) is 24.5 Å². The first-order valence-electron chi connectivity index (χ1n) is 5.88. The molecule has 0 bridgehead atoms. The number of halogens is 1. The molecule has 0 saturated carbocycles. The third-order valence-corrected chi connectivity index (χ3v) is 2.24. The van der Waals surface area contributed by atoms with Crippen LogP contribution in [-0.2, 0) is 0 Å². The van der Waals surface area contributed by atoms with Gasteiger partial charge in [0.2, 0.25) is 5.88 Å². The average molecular weight is 264 g/mol. The van der Waals surface area contributed by atoms with Crippen molar-refractivity contribution in [2.24, 2.45) is 0 Å². The standard InChI is InChI=1S/C11H11FN4O.C2H6/c1-6-10(14)15-5-16-11(6)17-9-3-2-7(13)4-8(9)12;1-2/h2-5H,13H2,1H3,(H2,14,15,16);1-2H3. The molecule has 4 N–H and O–H groups in total. The zero-order valence-electron chi connectivity index (χ0n) is 11.1. The summed E-state index contributed by atoms with van der Waals surface area (Å²) < 4.78 is 18.8. The number of ether oxygens (including phenoxy) is 1. The molecule has 0 fully saturated rings. The maximum atomic E-state index is 13.5. The molecule has 19 heavy (non-hydrogen) atoms. The van der Waals surface area contributed by atoms with Crippen LogP contribution in [-0.4, -0.2) is 9.97 Å². The number of hydrogen-bond donors (Lipinski definition) is 2. The maximum Gasteiger partial charge on any atom is 0.227 e. The minimum Gasteiger partial charge on any atom is -0.435 e. The molecule has 0 unspecified atom stereocenters. The van der Waals surface area contributed by atoms with Crippen molar-refractivity contribution in [2.75, 3.05) is 11.5 Å². The van der Waals surface area contributed by atoms with Gasteiger partial charge in [-0.05, 0) is 19.1 Å². The van der Waals surface area contributed by atoms with Crippen LogP contribution in [0.15, 0.2) is 24.5 Å². The third kappa shape index (κ3) is 3.54. The molecule has 6 heteroatoms. The minimum absolute atomic E-state index is 0.0420. The van der Waals surface area contributed by atoms with E-state index >= 15 is 0 Å². The van der Waals surface area contributed by atoms with Crippen molar-refractivity contribution in [3.63, 3.8) is 0 Å². The second-order valence-electron chi connectivity index (χ2n) is 3.48. The second-order valence-corrected chi connectivity index (χ2v) is 3.48. The highest BCUT2D eigenvalue weighted by Crippen LogP contribution is 2.27. The fraction of sp³-hybridized carbons (Fsp3) is 0.231. The Bertz CT molecular complexity index is 560. The Morgan fingerprint density at radius 2 is 1.84 bits per heavy atom. The van der Waals surface area contributed by atoms with Crippen LogP contribution in [0.25, 0.3) is 0 Å². The number of anilines is 2. The molecule has 1 heterocycles. The minimum atomic E-state index is -0.554. The highest BCUT2D eigenvalue weighted by molar-refractivity contribution is 5.47. The predicted octanol–water partition coefficient (Wildman–Crippen LogP) is 2.91. The predicted molar refractivity (Wildman–Crippen MR) is 73.4 cm³/mol. The van der Waals surface area contributed by atoms with E-state index in [4.69, 9.17) is 16.2 Å². The molecule has 0 spiro atoms. The Kier molecular flexibility index (Phi) is 5.05. The quantitative estimate of drug-likeness (QED) is 0.814. The van der Waals surface area contributed by atoms with Gasteiger partial charge in [0.05, 0.1) is 5.56 Å². The van der Waals surface area contributed by atoms with Gasteiger partial charge in [0.25, 0.3) is 0 Å². The van der Waals surface area contributed by atoms with Gasteiger partial charge in [-0.2, -0.15) is 0 Å². The van der Waals surface area contributed by atoms with Gasteiger partial charge in [-0.25, -0.2) is 14.4 Å². The molecule has 5 nitrogen and oxygen atoms in total. The van der Waals surface area contributed by atoms with Crippen LogP contribution in [0.3, 0.4) is 0 Å². The van der Waals surface area contributed by atoms with E-state index in [1.807, 2.05) is 13.8 Å². The number of benzene rings is 1. The van der Waals surface area contributed by atoms with E-state index in [1.54, 1.807) is 6.92 Å². The molecule has 1 aromatic carbocycles. The average Bonchev–Trinajstić information content (AvgIpc) is 2.40. The fourth-order valence-electron chi connectivity index (χ4n) is 1.25. The number of nitrogen functional groups attached to an aromatic ring is 2. The van der Waals surface area contributed by atoms with Crippen molar-refractivity contribution in [1.29, 1.82) is 0 Å². The molecule has 0 radical (unpaired) electrons. The van der Waals surface area contributed by atoms with E-state index < -0.39 is 5.82 Å². The largest absolute Gasteiger partial charge is 0.435 e. The van der Waals surface area contributed by atoms with E-state index in [9.17, 15) is 4.39 Å². The van der Waals surface area contributed by atoms with Gasteiger partial charge in [-0.1, -0.05) is 13.8 Å². The van der Waals surface area contributed by atoms with E-state index in [0.717, 1.165) is 0 Å². The lowest BCUT2D eigenvalue weighted by molar-refractivity contribution is 0.424. The van der Waals surface area contributed by atoms with Crippen molar-refractivity contribution in [3.8, 4) is 11.6 Å². The Hall–Kier alpha value is -2.37. The zero-order valence-corrected chi connectivity index (χ0v) is 11.1. The summed E-state index contributed by atoms with van der Waals surface area (Å²) in [5.74, 6) is 0.00834. The monoisotopic (exact) mass is 264 g/mol. The summed E-state index contributed by atoms with van der Waals surface area (Å²) >= 11 is 0. The summed E-state index contributed by atoms with van der Waals surface area (Å²) in [5.41, 5.74) is 11.9. The first-order chi connectivity index (χ1) is 9.08. The van der Waals surface area contributed by atoms with Crippen LogP contribution in [0.1, 0.15) is 19.4 Å². The number of aromatic nitrogens is 2. The van der Waals surface area contributed by atoms with Gasteiger partial charge in [-0.15, -0.1) is 0 Å². The molecule has 1 aromatic heterocycles. The van der Waals surface area contributed by atoms with E-state index in [-0.39, 0.29) is 11.6 Å². The Labute approximate surface area is 111 Å².